The first kappa shape index (κ1) is 14.7. The summed E-state index contributed by atoms with van der Waals surface area (Å²) in [6.45, 7) is 5.88. The first-order valence-electron chi connectivity index (χ1n) is 7.02. The summed E-state index contributed by atoms with van der Waals surface area (Å²) in [5, 5.41) is 12.8. The molecule has 2 rings (SSSR count). The number of amides is 1. The van der Waals surface area contributed by atoms with Gasteiger partial charge in [0, 0.05) is 11.3 Å². The molecule has 2 aliphatic rings. The number of hydrogen-bond donors (Lipinski definition) is 2. The lowest BCUT2D eigenvalue weighted by molar-refractivity contribution is -0.140. The van der Waals surface area contributed by atoms with Gasteiger partial charge >= 0.3 is 5.97 Å². The molecule has 4 atom stereocenters. The van der Waals surface area contributed by atoms with Crippen molar-refractivity contribution in [2.45, 2.75) is 51.3 Å². The van der Waals surface area contributed by atoms with Gasteiger partial charge in [-0.05, 0) is 30.4 Å². The second kappa shape index (κ2) is 5.35. The van der Waals surface area contributed by atoms with E-state index in [4.69, 9.17) is 5.11 Å². The molecule has 2 unspecified atom stereocenters. The number of carboxylic acid groups (broad SMARTS) is 1. The Balaban J connectivity index is 1.85. The van der Waals surface area contributed by atoms with E-state index in [0.717, 1.165) is 25.0 Å². The Hall–Kier alpha value is -0.710. The molecule has 4 nitrogen and oxygen atoms in total. The standard InChI is InChI=1S/C14H23NO3S/c1-4-19-9-6-5-8(7-9)15-12(16)10-11(13(17)18)14(10,2)3/h8-11H,4-7H2,1-3H3,(H,15,16)(H,17,18)/t8?,9?,10-,11+/m1/s1. The number of carbonyl (C=O) groups is 2. The quantitative estimate of drug-likeness (QED) is 0.812. The van der Waals surface area contributed by atoms with E-state index in [0.29, 0.717) is 5.25 Å². The fraction of sp³-hybridized carbons (Fsp3) is 0.857. The SMILES string of the molecule is CCSC1CCC(NC(=O)[C@H]2[C@@H](C(=O)O)C2(C)C)C1. The number of carboxylic acids is 1. The zero-order valence-electron chi connectivity index (χ0n) is 11.8. The summed E-state index contributed by atoms with van der Waals surface area (Å²) in [5.74, 6) is -0.680. The number of rotatable bonds is 5. The van der Waals surface area contributed by atoms with Crippen LogP contribution in [0.1, 0.15) is 40.0 Å². The van der Waals surface area contributed by atoms with Crippen LogP contribution in [-0.2, 0) is 9.59 Å². The minimum atomic E-state index is -0.851. The maximum atomic E-state index is 12.2. The molecular formula is C14H23NO3S. The Kier molecular flexibility index (Phi) is 4.14. The molecule has 0 heterocycles. The van der Waals surface area contributed by atoms with Crippen molar-refractivity contribution >= 4 is 23.6 Å². The molecule has 2 N–H and O–H groups in total. The molecule has 0 aliphatic heterocycles. The molecule has 2 fully saturated rings. The van der Waals surface area contributed by atoms with E-state index in [1.165, 1.54) is 0 Å². The third kappa shape index (κ3) is 2.91. The predicted octanol–water partition coefficient (Wildman–Crippen LogP) is 2.13. The molecule has 2 aliphatic carbocycles. The Morgan fingerprint density at radius 1 is 1.32 bits per heavy atom. The second-order valence-corrected chi connectivity index (χ2v) is 7.79. The van der Waals surface area contributed by atoms with Crippen molar-refractivity contribution in [3.8, 4) is 0 Å². The Labute approximate surface area is 118 Å². The predicted molar refractivity (Wildman–Crippen MR) is 76.1 cm³/mol. The summed E-state index contributed by atoms with van der Waals surface area (Å²) >= 11 is 1.95. The Bertz CT molecular complexity index is 383. The van der Waals surface area contributed by atoms with Crippen LogP contribution in [0.25, 0.3) is 0 Å². The van der Waals surface area contributed by atoms with Crippen molar-refractivity contribution in [2.24, 2.45) is 17.3 Å². The lowest BCUT2D eigenvalue weighted by atomic mass is 10.1. The number of aliphatic carboxylic acids is 1. The largest absolute Gasteiger partial charge is 0.481 e. The Morgan fingerprint density at radius 3 is 2.53 bits per heavy atom. The molecule has 0 bridgehead atoms. The molecule has 2 saturated carbocycles. The van der Waals surface area contributed by atoms with Gasteiger partial charge in [-0.15, -0.1) is 0 Å². The van der Waals surface area contributed by atoms with E-state index < -0.39 is 17.3 Å². The van der Waals surface area contributed by atoms with Crippen molar-refractivity contribution in [1.29, 1.82) is 0 Å². The molecular weight excluding hydrogens is 262 g/mol. The van der Waals surface area contributed by atoms with Gasteiger partial charge in [0.1, 0.15) is 0 Å². The molecule has 0 radical (unpaired) electrons. The highest BCUT2D eigenvalue weighted by Crippen LogP contribution is 2.58. The molecule has 5 heteroatoms. The summed E-state index contributed by atoms with van der Waals surface area (Å²) in [7, 11) is 0. The van der Waals surface area contributed by atoms with E-state index in [9.17, 15) is 9.59 Å². The van der Waals surface area contributed by atoms with Crippen LogP contribution in [0.3, 0.4) is 0 Å². The fourth-order valence-corrected chi connectivity index (χ4v) is 4.48. The second-order valence-electron chi connectivity index (χ2n) is 6.21. The van der Waals surface area contributed by atoms with E-state index in [1.807, 2.05) is 25.6 Å². The van der Waals surface area contributed by atoms with Gasteiger partial charge in [-0.25, -0.2) is 0 Å². The highest BCUT2D eigenvalue weighted by atomic mass is 32.2. The molecule has 19 heavy (non-hydrogen) atoms. The highest BCUT2D eigenvalue weighted by molar-refractivity contribution is 7.99. The van der Waals surface area contributed by atoms with Crippen LogP contribution in [0, 0.1) is 17.3 Å². The van der Waals surface area contributed by atoms with E-state index in [-0.39, 0.29) is 17.9 Å². The molecule has 0 aromatic rings. The van der Waals surface area contributed by atoms with Gasteiger partial charge in [0.05, 0.1) is 11.8 Å². The van der Waals surface area contributed by atoms with Crippen molar-refractivity contribution < 1.29 is 14.7 Å². The van der Waals surface area contributed by atoms with Gasteiger partial charge in [-0.3, -0.25) is 9.59 Å². The molecule has 0 aromatic carbocycles. The summed E-state index contributed by atoms with van der Waals surface area (Å²) in [5.41, 5.74) is -0.397. The number of hydrogen-bond acceptors (Lipinski definition) is 3. The van der Waals surface area contributed by atoms with Gasteiger partial charge < -0.3 is 10.4 Å². The van der Waals surface area contributed by atoms with E-state index in [2.05, 4.69) is 12.2 Å². The summed E-state index contributed by atoms with van der Waals surface area (Å²) in [6.07, 6.45) is 3.20. The minimum absolute atomic E-state index is 0.0652. The van der Waals surface area contributed by atoms with Crippen molar-refractivity contribution in [1.82, 2.24) is 5.32 Å². The monoisotopic (exact) mass is 285 g/mol. The van der Waals surface area contributed by atoms with Crippen molar-refractivity contribution in [2.75, 3.05) is 5.75 Å². The molecule has 0 spiro atoms. The van der Waals surface area contributed by atoms with Gasteiger partial charge in [0.2, 0.25) is 5.91 Å². The third-order valence-electron chi connectivity index (χ3n) is 4.51. The van der Waals surface area contributed by atoms with E-state index in [1.54, 1.807) is 0 Å². The van der Waals surface area contributed by atoms with Gasteiger partial charge in [-0.2, -0.15) is 11.8 Å². The zero-order chi connectivity index (χ0) is 14.2. The number of carbonyl (C=O) groups excluding carboxylic acids is 1. The average Bonchev–Trinajstić information content (AvgIpc) is 2.65. The van der Waals surface area contributed by atoms with Crippen LogP contribution in [-0.4, -0.2) is 34.0 Å². The van der Waals surface area contributed by atoms with Crippen LogP contribution in [0.15, 0.2) is 0 Å². The summed E-state index contributed by atoms with van der Waals surface area (Å²) < 4.78 is 0. The maximum Gasteiger partial charge on any atom is 0.307 e. The lowest BCUT2D eigenvalue weighted by Crippen LogP contribution is -2.35. The van der Waals surface area contributed by atoms with Gasteiger partial charge in [0.25, 0.3) is 0 Å². The first-order chi connectivity index (χ1) is 8.87. The lowest BCUT2D eigenvalue weighted by Gasteiger charge is -2.13. The number of nitrogens with one attached hydrogen (secondary N) is 1. The van der Waals surface area contributed by atoms with Gasteiger partial charge in [0.15, 0.2) is 0 Å². The van der Waals surface area contributed by atoms with Crippen LogP contribution >= 0.6 is 11.8 Å². The van der Waals surface area contributed by atoms with Crippen LogP contribution < -0.4 is 5.32 Å². The van der Waals surface area contributed by atoms with E-state index >= 15 is 0 Å². The highest BCUT2D eigenvalue weighted by Gasteiger charge is 2.66. The van der Waals surface area contributed by atoms with Crippen LogP contribution in [0.4, 0.5) is 0 Å². The summed E-state index contributed by atoms with van der Waals surface area (Å²) in [4.78, 5) is 23.3. The topological polar surface area (TPSA) is 66.4 Å². The zero-order valence-corrected chi connectivity index (χ0v) is 12.6. The minimum Gasteiger partial charge on any atom is -0.481 e. The molecule has 108 valence electrons. The maximum absolute atomic E-state index is 12.2. The smallest absolute Gasteiger partial charge is 0.307 e. The van der Waals surface area contributed by atoms with Crippen molar-refractivity contribution in [3.05, 3.63) is 0 Å². The Morgan fingerprint density at radius 2 is 2.00 bits per heavy atom. The summed E-state index contributed by atoms with van der Waals surface area (Å²) in [6, 6.07) is 0.238. The molecule has 0 aromatic heterocycles. The average molecular weight is 285 g/mol. The van der Waals surface area contributed by atoms with Crippen LogP contribution in [0.5, 0.6) is 0 Å². The molecule has 1 amide bonds. The normalized spacial score (nSPS) is 35.9. The number of thioether (sulfide) groups is 1. The van der Waals surface area contributed by atoms with Gasteiger partial charge in [-0.1, -0.05) is 20.8 Å². The fourth-order valence-electron chi connectivity index (χ4n) is 3.34. The molecule has 0 saturated heterocycles. The van der Waals surface area contributed by atoms with Crippen LogP contribution in [0.2, 0.25) is 0 Å². The first-order valence-corrected chi connectivity index (χ1v) is 8.07. The van der Waals surface area contributed by atoms with Crippen molar-refractivity contribution in [3.63, 3.8) is 0 Å². The third-order valence-corrected chi connectivity index (χ3v) is 5.74.